The Morgan fingerprint density at radius 3 is 1.41 bits per heavy atom. The fourth-order valence-electron chi connectivity index (χ4n) is 3.72. The number of benzene rings is 4. The first-order valence-corrected chi connectivity index (χ1v) is 9.80. The molecule has 0 N–H and O–H groups in total. The minimum absolute atomic E-state index is 0.925. The van der Waals surface area contributed by atoms with Crippen molar-refractivity contribution in [2.45, 2.75) is 6.42 Å². The van der Waals surface area contributed by atoms with Crippen molar-refractivity contribution in [3.05, 3.63) is 119 Å². The van der Waals surface area contributed by atoms with Gasteiger partial charge in [-0.2, -0.15) is 0 Å². The third kappa shape index (κ3) is 3.78. The van der Waals surface area contributed by atoms with Crippen molar-refractivity contribution in [2.75, 3.05) is 0 Å². The lowest BCUT2D eigenvalue weighted by Crippen LogP contribution is -1.82. The molecule has 0 unspecified atom stereocenters. The second-order valence-corrected chi connectivity index (χ2v) is 7.20. The smallest absolute Gasteiger partial charge is 0.0633 e. The molecule has 1 aliphatic rings. The number of nitrogens with zero attached hydrogens (tertiary/aromatic N) is 2. The summed E-state index contributed by atoms with van der Waals surface area (Å²) in [5, 5.41) is 0. The van der Waals surface area contributed by atoms with E-state index < -0.39 is 0 Å². The summed E-state index contributed by atoms with van der Waals surface area (Å²) in [5.74, 6) is 0. The Morgan fingerprint density at radius 1 is 0.517 bits per heavy atom. The summed E-state index contributed by atoms with van der Waals surface area (Å²) in [6, 6.07) is 33.3. The molecule has 0 aliphatic heterocycles. The van der Waals surface area contributed by atoms with Gasteiger partial charge < -0.3 is 0 Å². The van der Waals surface area contributed by atoms with Crippen LogP contribution < -0.4 is 0 Å². The minimum Gasteiger partial charge on any atom is -0.256 e. The van der Waals surface area contributed by atoms with E-state index in [0.29, 0.717) is 0 Å². The van der Waals surface area contributed by atoms with Crippen LogP contribution in [0.3, 0.4) is 0 Å². The molecular formula is C27H20N2. The molecule has 138 valence electrons. The zero-order valence-corrected chi connectivity index (χ0v) is 16.0. The standard InChI is InChI=1S/C27H20N2/c1-3-7-20(8-4-1)18-28-24-11-13-26-22(16-24)15-23-17-25(12-14-27(23)26)29-19-21-9-5-2-6-10-21/h1-14,16-19H,15H2. The molecule has 0 fully saturated rings. The van der Waals surface area contributed by atoms with Crippen LogP contribution in [0.1, 0.15) is 22.3 Å². The van der Waals surface area contributed by atoms with Crippen molar-refractivity contribution < 1.29 is 0 Å². The van der Waals surface area contributed by atoms with E-state index in [0.717, 1.165) is 28.9 Å². The molecule has 0 radical (unpaired) electrons. The zero-order valence-electron chi connectivity index (χ0n) is 16.0. The fourth-order valence-corrected chi connectivity index (χ4v) is 3.72. The average molecular weight is 372 g/mol. The van der Waals surface area contributed by atoms with Crippen LogP contribution in [0.2, 0.25) is 0 Å². The van der Waals surface area contributed by atoms with E-state index in [1.165, 1.54) is 22.3 Å². The zero-order chi connectivity index (χ0) is 19.5. The monoisotopic (exact) mass is 372 g/mol. The Hall–Kier alpha value is -3.78. The van der Waals surface area contributed by atoms with Gasteiger partial charge in [-0.05, 0) is 64.1 Å². The number of hydrogen-bond donors (Lipinski definition) is 0. The molecule has 0 bridgehead atoms. The molecule has 0 aromatic heterocycles. The molecule has 0 saturated carbocycles. The summed E-state index contributed by atoms with van der Waals surface area (Å²) in [6.07, 6.45) is 4.76. The predicted molar refractivity (Wildman–Crippen MR) is 122 cm³/mol. The Kier molecular flexibility index (Phi) is 4.59. The van der Waals surface area contributed by atoms with Crippen LogP contribution in [0.4, 0.5) is 11.4 Å². The highest BCUT2D eigenvalue weighted by Gasteiger charge is 2.18. The lowest BCUT2D eigenvalue weighted by Gasteiger charge is -2.03. The summed E-state index contributed by atoms with van der Waals surface area (Å²) in [5.41, 5.74) is 9.45. The van der Waals surface area contributed by atoms with Crippen LogP contribution >= 0.6 is 0 Å². The Bertz CT molecular complexity index is 1110. The highest BCUT2D eigenvalue weighted by molar-refractivity contribution is 5.85. The number of aliphatic imine (C=N–C) groups is 2. The first kappa shape index (κ1) is 17.3. The lowest BCUT2D eigenvalue weighted by atomic mass is 10.1. The summed E-state index contributed by atoms with van der Waals surface area (Å²) < 4.78 is 0. The topological polar surface area (TPSA) is 24.7 Å². The fraction of sp³-hybridized carbons (Fsp3) is 0.0370. The molecular weight excluding hydrogens is 352 g/mol. The molecule has 2 nitrogen and oxygen atoms in total. The summed E-state index contributed by atoms with van der Waals surface area (Å²) in [6.45, 7) is 0. The predicted octanol–water partition coefficient (Wildman–Crippen LogP) is 6.76. The van der Waals surface area contributed by atoms with Gasteiger partial charge in [0.05, 0.1) is 11.4 Å². The molecule has 5 rings (SSSR count). The number of rotatable bonds is 4. The summed E-state index contributed by atoms with van der Waals surface area (Å²) in [7, 11) is 0. The van der Waals surface area contributed by atoms with E-state index in [4.69, 9.17) is 0 Å². The highest BCUT2D eigenvalue weighted by Crippen LogP contribution is 2.39. The minimum atomic E-state index is 0.925. The van der Waals surface area contributed by atoms with E-state index >= 15 is 0 Å². The van der Waals surface area contributed by atoms with Gasteiger partial charge in [0.2, 0.25) is 0 Å². The Morgan fingerprint density at radius 2 is 0.966 bits per heavy atom. The second kappa shape index (κ2) is 7.69. The van der Waals surface area contributed by atoms with Crippen LogP contribution in [0.25, 0.3) is 11.1 Å². The van der Waals surface area contributed by atoms with Crippen LogP contribution in [0, 0.1) is 0 Å². The first-order valence-electron chi connectivity index (χ1n) is 9.80. The largest absolute Gasteiger partial charge is 0.256 e. The van der Waals surface area contributed by atoms with Crippen molar-refractivity contribution in [3.63, 3.8) is 0 Å². The van der Waals surface area contributed by atoms with E-state index in [1.807, 2.05) is 48.8 Å². The van der Waals surface area contributed by atoms with Crippen molar-refractivity contribution in [2.24, 2.45) is 9.98 Å². The third-order valence-corrected chi connectivity index (χ3v) is 5.17. The van der Waals surface area contributed by atoms with Crippen LogP contribution in [-0.4, -0.2) is 12.4 Å². The first-order chi connectivity index (χ1) is 14.3. The molecule has 4 aromatic rings. The van der Waals surface area contributed by atoms with Gasteiger partial charge in [0.15, 0.2) is 0 Å². The average Bonchev–Trinajstić information content (AvgIpc) is 3.14. The van der Waals surface area contributed by atoms with Crippen molar-refractivity contribution in [1.82, 2.24) is 0 Å². The second-order valence-electron chi connectivity index (χ2n) is 7.20. The Labute approximate surface area is 170 Å². The van der Waals surface area contributed by atoms with Crippen LogP contribution in [-0.2, 0) is 6.42 Å². The third-order valence-electron chi connectivity index (χ3n) is 5.17. The molecule has 0 heterocycles. The molecule has 29 heavy (non-hydrogen) atoms. The summed E-state index contributed by atoms with van der Waals surface area (Å²) in [4.78, 5) is 9.30. The van der Waals surface area contributed by atoms with Gasteiger partial charge in [0.25, 0.3) is 0 Å². The van der Waals surface area contributed by atoms with Gasteiger partial charge >= 0.3 is 0 Å². The quantitative estimate of drug-likeness (QED) is 0.311. The van der Waals surface area contributed by atoms with Crippen molar-refractivity contribution in [3.8, 4) is 11.1 Å². The van der Waals surface area contributed by atoms with Gasteiger partial charge in [-0.3, -0.25) is 9.98 Å². The lowest BCUT2D eigenvalue weighted by molar-refractivity contribution is 1.26. The maximum absolute atomic E-state index is 4.65. The molecule has 2 heteroatoms. The summed E-state index contributed by atoms with van der Waals surface area (Å²) >= 11 is 0. The maximum atomic E-state index is 4.65. The number of hydrogen-bond acceptors (Lipinski definition) is 2. The molecule has 1 aliphatic carbocycles. The molecule has 0 atom stereocenters. The van der Waals surface area contributed by atoms with Crippen molar-refractivity contribution >= 4 is 23.8 Å². The van der Waals surface area contributed by atoms with Gasteiger partial charge in [-0.1, -0.05) is 72.8 Å². The van der Waals surface area contributed by atoms with Crippen molar-refractivity contribution in [1.29, 1.82) is 0 Å². The molecule has 0 amide bonds. The van der Waals surface area contributed by atoms with Gasteiger partial charge in [0, 0.05) is 12.4 Å². The van der Waals surface area contributed by atoms with E-state index in [1.54, 1.807) is 0 Å². The van der Waals surface area contributed by atoms with E-state index in [2.05, 4.69) is 70.6 Å². The molecule has 0 spiro atoms. The molecule has 4 aromatic carbocycles. The Balaban J connectivity index is 1.37. The highest BCUT2D eigenvalue weighted by atomic mass is 14.7. The maximum Gasteiger partial charge on any atom is 0.0633 e. The van der Waals surface area contributed by atoms with Gasteiger partial charge in [-0.15, -0.1) is 0 Å². The van der Waals surface area contributed by atoms with E-state index in [-0.39, 0.29) is 0 Å². The molecule has 0 saturated heterocycles. The van der Waals surface area contributed by atoms with Crippen LogP contribution in [0.5, 0.6) is 0 Å². The van der Waals surface area contributed by atoms with E-state index in [9.17, 15) is 0 Å². The number of fused-ring (bicyclic) bond motifs is 3. The van der Waals surface area contributed by atoms with Gasteiger partial charge in [-0.25, -0.2) is 0 Å². The van der Waals surface area contributed by atoms with Crippen LogP contribution in [0.15, 0.2) is 107 Å². The van der Waals surface area contributed by atoms with Gasteiger partial charge in [0.1, 0.15) is 0 Å². The SMILES string of the molecule is C(=Nc1ccc2c(c1)Cc1cc(N=Cc3ccccc3)ccc1-2)c1ccccc1. The normalized spacial score (nSPS) is 12.4.